The van der Waals surface area contributed by atoms with Crippen LogP contribution < -0.4 is 10.3 Å². The van der Waals surface area contributed by atoms with Gasteiger partial charge in [-0.1, -0.05) is 35.5 Å². The highest BCUT2D eigenvalue weighted by molar-refractivity contribution is 5.98. The van der Waals surface area contributed by atoms with Crippen molar-refractivity contribution in [2.45, 2.75) is 6.42 Å². The Kier molecular flexibility index (Phi) is 2.80. The van der Waals surface area contributed by atoms with Crippen molar-refractivity contribution in [3.8, 4) is 5.75 Å². The summed E-state index contributed by atoms with van der Waals surface area (Å²) in [6.07, 6.45) is 1.11. The van der Waals surface area contributed by atoms with E-state index in [1.54, 1.807) is 5.17 Å². The maximum Gasteiger partial charge on any atom is 0.157 e. The highest BCUT2D eigenvalue weighted by Crippen LogP contribution is 2.26. The van der Waals surface area contributed by atoms with E-state index >= 15 is 0 Å². The molecule has 0 bridgehead atoms. The maximum atomic E-state index is 5.76. The predicted octanol–water partition coefficient (Wildman–Crippen LogP) is 3.30. The molecule has 3 nitrogen and oxygen atoms in total. The van der Waals surface area contributed by atoms with Crippen LogP contribution in [0.25, 0.3) is 21.5 Å². The number of hydrogen-bond acceptors (Lipinski definition) is 3. The monoisotopic (exact) mass is 263 g/mol. The minimum atomic E-state index is 0.752. The van der Waals surface area contributed by atoms with Gasteiger partial charge in [-0.2, -0.15) is 0 Å². The van der Waals surface area contributed by atoms with Crippen molar-refractivity contribution in [1.29, 1.82) is 0 Å². The van der Waals surface area contributed by atoms with Gasteiger partial charge in [-0.25, -0.2) is 5.43 Å². The molecule has 1 radical (unpaired) electrons. The molecule has 1 N–H and O–H groups in total. The molecule has 3 heteroatoms. The average Bonchev–Trinajstić information content (AvgIpc) is 2.98. The van der Waals surface area contributed by atoms with Gasteiger partial charge in [0.1, 0.15) is 0 Å². The SMILES string of the molecule is [c]1c(ON2CCCN2)ccc2cc3ccccc3cc12. The Labute approximate surface area is 117 Å². The Morgan fingerprint density at radius 2 is 1.85 bits per heavy atom. The first-order chi connectivity index (χ1) is 9.88. The number of hydroxylamine groups is 1. The Morgan fingerprint density at radius 3 is 2.65 bits per heavy atom. The molecule has 0 unspecified atom stereocenters. The molecule has 99 valence electrons. The molecule has 0 saturated carbocycles. The van der Waals surface area contributed by atoms with E-state index in [0.717, 1.165) is 30.6 Å². The standard InChI is InChI=1S/C17H15N2O/c1-2-5-14-11-16-12-17(20-19-9-3-8-18-19)7-6-15(16)10-13(14)4-1/h1-2,4-7,10-11,18H,3,8-9H2. The van der Waals surface area contributed by atoms with Crippen molar-refractivity contribution in [2.24, 2.45) is 0 Å². The highest BCUT2D eigenvalue weighted by atomic mass is 16.7. The molecule has 1 heterocycles. The van der Waals surface area contributed by atoms with Gasteiger partial charge in [0.2, 0.25) is 0 Å². The van der Waals surface area contributed by atoms with Crippen LogP contribution in [0.1, 0.15) is 6.42 Å². The quantitative estimate of drug-likeness (QED) is 0.718. The van der Waals surface area contributed by atoms with Crippen molar-refractivity contribution in [3.05, 3.63) is 54.6 Å². The normalized spacial score (nSPS) is 16.0. The Hall–Kier alpha value is -2.10. The molecule has 4 rings (SSSR count). The van der Waals surface area contributed by atoms with Crippen LogP contribution in [0.5, 0.6) is 5.75 Å². The van der Waals surface area contributed by atoms with Crippen molar-refractivity contribution in [2.75, 3.05) is 13.1 Å². The van der Waals surface area contributed by atoms with Gasteiger partial charge < -0.3 is 4.84 Å². The van der Waals surface area contributed by atoms with E-state index in [1.807, 2.05) is 6.07 Å². The highest BCUT2D eigenvalue weighted by Gasteiger charge is 2.12. The van der Waals surface area contributed by atoms with Gasteiger partial charge in [0.15, 0.2) is 5.75 Å². The number of fused-ring (bicyclic) bond motifs is 2. The fraction of sp³-hybridized carbons (Fsp3) is 0.176. The minimum absolute atomic E-state index is 0.752. The molecule has 0 atom stereocenters. The molecule has 3 aromatic carbocycles. The maximum absolute atomic E-state index is 5.76. The molecule has 1 aliphatic heterocycles. The zero-order valence-electron chi connectivity index (χ0n) is 11.1. The van der Waals surface area contributed by atoms with E-state index in [-0.39, 0.29) is 0 Å². The summed E-state index contributed by atoms with van der Waals surface area (Å²) in [5.74, 6) is 0.752. The number of benzene rings is 3. The van der Waals surface area contributed by atoms with Crippen LogP contribution in [0.2, 0.25) is 0 Å². The summed E-state index contributed by atoms with van der Waals surface area (Å²) in [6, 6.07) is 20.1. The van der Waals surface area contributed by atoms with Crippen molar-refractivity contribution in [3.63, 3.8) is 0 Å². The summed E-state index contributed by atoms with van der Waals surface area (Å²) < 4.78 is 0. The lowest BCUT2D eigenvalue weighted by Gasteiger charge is -2.16. The second-order valence-corrected chi connectivity index (χ2v) is 5.06. The van der Waals surface area contributed by atoms with E-state index < -0.39 is 0 Å². The summed E-state index contributed by atoms with van der Waals surface area (Å²) in [6.45, 7) is 1.88. The van der Waals surface area contributed by atoms with Crippen LogP contribution in [0, 0.1) is 6.07 Å². The number of nitrogens with zero attached hydrogens (tertiary/aromatic N) is 1. The molecule has 0 amide bonds. The van der Waals surface area contributed by atoms with Gasteiger partial charge >= 0.3 is 0 Å². The molecular weight excluding hydrogens is 248 g/mol. The Morgan fingerprint density at radius 1 is 1.00 bits per heavy atom. The third-order valence-corrected chi connectivity index (χ3v) is 3.62. The van der Waals surface area contributed by atoms with E-state index in [1.165, 1.54) is 16.2 Å². The Bertz CT molecular complexity index is 763. The Balaban J connectivity index is 1.75. The van der Waals surface area contributed by atoms with Gasteiger partial charge in [-0.15, -0.1) is 0 Å². The largest absolute Gasteiger partial charge is 0.390 e. The summed E-state index contributed by atoms with van der Waals surface area (Å²) in [7, 11) is 0. The lowest BCUT2D eigenvalue weighted by Crippen LogP contribution is -2.33. The van der Waals surface area contributed by atoms with Crippen molar-refractivity contribution < 1.29 is 4.84 Å². The van der Waals surface area contributed by atoms with Gasteiger partial charge in [0.05, 0.1) is 6.54 Å². The van der Waals surface area contributed by atoms with Crippen LogP contribution in [0.15, 0.2) is 48.5 Å². The fourth-order valence-corrected chi connectivity index (χ4v) is 2.60. The van der Waals surface area contributed by atoms with E-state index in [2.05, 4.69) is 54.0 Å². The smallest absolute Gasteiger partial charge is 0.157 e. The first-order valence-electron chi connectivity index (χ1n) is 6.92. The first-order valence-corrected chi connectivity index (χ1v) is 6.92. The van der Waals surface area contributed by atoms with Crippen LogP contribution in [0.3, 0.4) is 0 Å². The molecule has 0 aliphatic carbocycles. The lowest BCUT2D eigenvalue weighted by atomic mass is 10.0. The molecule has 1 aliphatic rings. The zero-order chi connectivity index (χ0) is 13.4. The van der Waals surface area contributed by atoms with E-state index in [0.29, 0.717) is 0 Å². The molecule has 3 aromatic rings. The molecule has 1 saturated heterocycles. The van der Waals surface area contributed by atoms with Gasteiger partial charge in [0.25, 0.3) is 0 Å². The van der Waals surface area contributed by atoms with Crippen LogP contribution in [0.4, 0.5) is 0 Å². The topological polar surface area (TPSA) is 24.5 Å². The number of hydrazine groups is 1. The number of hydrogen-bond donors (Lipinski definition) is 1. The molecular formula is C17H15N2O. The summed E-state index contributed by atoms with van der Waals surface area (Å²) in [5, 5.41) is 6.53. The van der Waals surface area contributed by atoms with Crippen LogP contribution in [-0.4, -0.2) is 18.3 Å². The van der Waals surface area contributed by atoms with Crippen LogP contribution in [-0.2, 0) is 0 Å². The molecule has 0 spiro atoms. The van der Waals surface area contributed by atoms with Crippen molar-refractivity contribution in [1.82, 2.24) is 10.6 Å². The van der Waals surface area contributed by atoms with Gasteiger partial charge in [0, 0.05) is 12.6 Å². The van der Waals surface area contributed by atoms with Crippen molar-refractivity contribution >= 4 is 21.5 Å². The van der Waals surface area contributed by atoms with Crippen LogP contribution >= 0.6 is 0 Å². The second kappa shape index (κ2) is 4.78. The van der Waals surface area contributed by atoms with Gasteiger partial charge in [-0.3, -0.25) is 0 Å². The third kappa shape index (κ3) is 2.11. The first kappa shape index (κ1) is 11.7. The number of rotatable bonds is 2. The second-order valence-electron chi connectivity index (χ2n) is 5.06. The average molecular weight is 263 g/mol. The van der Waals surface area contributed by atoms with Gasteiger partial charge in [-0.05, 0) is 46.2 Å². The van der Waals surface area contributed by atoms with E-state index in [4.69, 9.17) is 4.84 Å². The summed E-state index contributed by atoms with van der Waals surface area (Å²) >= 11 is 0. The minimum Gasteiger partial charge on any atom is -0.390 e. The lowest BCUT2D eigenvalue weighted by molar-refractivity contribution is -0.0786. The molecule has 1 fully saturated rings. The third-order valence-electron chi connectivity index (χ3n) is 3.62. The zero-order valence-corrected chi connectivity index (χ0v) is 11.1. The number of nitrogens with one attached hydrogen (secondary N) is 1. The fourth-order valence-electron chi connectivity index (χ4n) is 2.60. The molecule has 0 aromatic heterocycles. The van der Waals surface area contributed by atoms with E-state index in [9.17, 15) is 0 Å². The predicted molar refractivity (Wildman–Crippen MR) is 80.2 cm³/mol. The summed E-state index contributed by atoms with van der Waals surface area (Å²) in [4.78, 5) is 5.76. The summed E-state index contributed by atoms with van der Waals surface area (Å²) in [5.41, 5.74) is 3.17. The molecule has 20 heavy (non-hydrogen) atoms.